The Bertz CT molecular complexity index is 1690. The summed E-state index contributed by atoms with van der Waals surface area (Å²) >= 11 is 2.29. The van der Waals surface area contributed by atoms with Crippen LogP contribution in [-0.2, 0) is 27.1 Å². The number of benzene rings is 3. The molecule has 1 N–H and O–H groups in total. The van der Waals surface area contributed by atoms with Gasteiger partial charge >= 0.3 is 5.97 Å². The maximum atomic E-state index is 11.4. The molecule has 0 aliphatic carbocycles. The Kier molecular flexibility index (Phi) is 12.5. The van der Waals surface area contributed by atoms with E-state index in [9.17, 15) is 9.90 Å². The minimum absolute atomic E-state index is 0.269. The van der Waals surface area contributed by atoms with Gasteiger partial charge in [0.15, 0.2) is 0 Å². The highest BCUT2D eigenvalue weighted by Crippen LogP contribution is 2.24. The van der Waals surface area contributed by atoms with Gasteiger partial charge < -0.3 is 23.4 Å². The lowest BCUT2D eigenvalue weighted by molar-refractivity contribution is 0.0639. The predicted molar refractivity (Wildman–Crippen MR) is 183 cm³/mol. The molecule has 3 aromatic carbocycles. The normalized spacial score (nSPS) is 10.9. The average Bonchev–Trinajstić information content (AvgIpc) is 3.59. The van der Waals surface area contributed by atoms with Gasteiger partial charge in [-0.2, -0.15) is 0 Å². The van der Waals surface area contributed by atoms with Crippen LogP contribution in [0, 0.1) is 34.6 Å². The molecule has 0 bridgehead atoms. The Labute approximate surface area is 278 Å². The maximum absolute atomic E-state index is 11.4. The summed E-state index contributed by atoms with van der Waals surface area (Å²) in [7, 11) is 0. The van der Waals surface area contributed by atoms with Gasteiger partial charge in [-0.1, -0.05) is 76.2 Å². The van der Waals surface area contributed by atoms with Gasteiger partial charge in [0.2, 0.25) is 11.8 Å². The first-order valence-corrected chi connectivity index (χ1v) is 16.3. The first-order chi connectivity index (χ1) is 21.7. The lowest BCUT2D eigenvalue weighted by atomic mass is 10.0. The highest BCUT2D eigenvalue weighted by Gasteiger charge is 2.14. The molecule has 2 aromatic heterocycles. The van der Waals surface area contributed by atoms with E-state index in [2.05, 4.69) is 51.6 Å². The molecular weight excluding hydrogens is 683 g/mol. The molecule has 45 heavy (non-hydrogen) atoms. The third-order valence-corrected chi connectivity index (χ3v) is 7.88. The van der Waals surface area contributed by atoms with Crippen molar-refractivity contribution in [3.05, 3.63) is 117 Å². The van der Waals surface area contributed by atoms with E-state index in [-0.39, 0.29) is 6.61 Å². The number of halogens is 1. The van der Waals surface area contributed by atoms with Crippen LogP contribution in [-0.4, -0.2) is 34.3 Å². The van der Waals surface area contributed by atoms with Crippen molar-refractivity contribution in [2.24, 2.45) is 0 Å². The Morgan fingerprint density at radius 1 is 0.733 bits per heavy atom. The zero-order valence-electron chi connectivity index (χ0n) is 26.4. The summed E-state index contributed by atoms with van der Waals surface area (Å²) < 4.78 is 23.6. The SMILES string of the molecule is Cc1ccc(-c2nc(CI)c(C)o2)cc1.Cc1ccc(-c2nc(COCCCOCc3cccc(C)c3C(=O)O)c(C)o2)cc1. The Morgan fingerprint density at radius 2 is 1.24 bits per heavy atom. The van der Waals surface area contributed by atoms with Crippen LogP contribution in [0.25, 0.3) is 22.9 Å². The molecule has 5 aromatic rings. The quantitative estimate of drug-likeness (QED) is 0.0773. The van der Waals surface area contributed by atoms with E-state index in [0.717, 1.165) is 49.9 Å². The largest absolute Gasteiger partial charge is 0.478 e. The fourth-order valence-electron chi connectivity index (χ4n) is 4.52. The van der Waals surface area contributed by atoms with Gasteiger partial charge in [-0.05, 0) is 76.4 Å². The van der Waals surface area contributed by atoms with Gasteiger partial charge in [0, 0.05) is 28.8 Å². The van der Waals surface area contributed by atoms with Crippen molar-refractivity contribution in [3.8, 4) is 22.9 Å². The summed E-state index contributed by atoms with van der Waals surface area (Å²) in [5, 5.41) is 9.35. The molecule has 0 unspecified atom stereocenters. The molecule has 0 amide bonds. The zero-order valence-corrected chi connectivity index (χ0v) is 28.5. The van der Waals surface area contributed by atoms with Crippen LogP contribution in [0.2, 0.25) is 0 Å². The second-order valence-corrected chi connectivity index (χ2v) is 11.5. The first-order valence-electron chi connectivity index (χ1n) is 14.8. The summed E-state index contributed by atoms with van der Waals surface area (Å²) in [6.07, 6.45) is 0.704. The van der Waals surface area contributed by atoms with Gasteiger partial charge in [0.05, 0.1) is 24.5 Å². The third kappa shape index (κ3) is 9.59. The number of hydrogen-bond donors (Lipinski definition) is 1. The van der Waals surface area contributed by atoms with Gasteiger partial charge in [0.1, 0.15) is 17.2 Å². The summed E-state index contributed by atoms with van der Waals surface area (Å²) in [5.74, 6) is 2.06. The highest BCUT2D eigenvalue weighted by atomic mass is 127. The number of ether oxygens (including phenoxy) is 2. The number of carbonyl (C=O) groups is 1. The Balaban J connectivity index is 0.000000256. The molecule has 8 nitrogen and oxygen atoms in total. The van der Waals surface area contributed by atoms with Crippen LogP contribution in [0.3, 0.4) is 0 Å². The van der Waals surface area contributed by atoms with Crippen LogP contribution < -0.4 is 0 Å². The molecule has 9 heteroatoms. The molecule has 2 heterocycles. The number of oxazole rings is 2. The van der Waals surface area contributed by atoms with Crippen LogP contribution in [0.4, 0.5) is 0 Å². The number of aryl methyl sites for hydroxylation is 5. The Hall–Kier alpha value is -3.80. The molecule has 0 radical (unpaired) electrons. The number of alkyl halides is 1. The molecule has 0 aliphatic heterocycles. The van der Waals surface area contributed by atoms with Gasteiger partial charge in [0.25, 0.3) is 0 Å². The van der Waals surface area contributed by atoms with Gasteiger partial charge in [-0.15, -0.1) is 0 Å². The maximum Gasteiger partial charge on any atom is 0.336 e. The molecule has 0 atom stereocenters. The van der Waals surface area contributed by atoms with Gasteiger partial charge in [-0.25, -0.2) is 14.8 Å². The van der Waals surface area contributed by atoms with E-state index >= 15 is 0 Å². The molecule has 0 fully saturated rings. The van der Waals surface area contributed by atoms with Crippen molar-refractivity contribution in [2.45, 2.75) is 58.7 Å². The molecule has 5 rings (SSSR count). The minimum atomic E-state index is -0.928. The third-order valence-electron chi connectivity index (χ3n) is 7.16. The summed E-state index contributed by atoms with van der Waals surface area (Å²) in [5.41, 5.74) is 7.99. The fourth-order valence-corrected chi connectivity index (χ4v) is 5.23. The van der Waals surface area contributed by atoms with E-state index < -0.39 is 5.97 Å². The predicted octanol–water partition coefficient (Wildman–Crippen LogP) is 8.98. The Morgan fingerprint density at radius 3 is 1.76 bits per heavy atom. The zero-order chi connectivity index (χ0) is 32.3. The lowest BCUT2D eigenvalue weighted by Crippen LogP contribution is -2.08. The molecule has 0 saturated heterocycles. The number of carboxylic acid groups (broad SMARTS) is 1. The topological polar surface area (TPSA) is 108 Å². The van der Waals surface area contributed by atoms with E-state index in [0.29, 0.717) is 43.3 Å². The summed E-state index contributed by atoms with van der Waals surface area (Å²) in [6, 6.07) is 21.7. The molecule has 0 spiro atoms. The number of hydrogen-bond acceptors (Lipinski definition) is 7. The second kappa shape index (κ2) is 16.5. The number of rotatable bonds is 12. The van der Waals surface area contributed by atoms with Crippen molar-refractivity contribution in [2.75, 3.05) is 13.2 Å². The molecule has 0 saturated carbocycles. The first kappa shape index (κ1) is 34.1. The van der Waals surface area contributed by atoms with E-state index in [1.807, 2.05) is 63.2 Å². The molecule has 0 aliphatic rings. The van der Waals surface area contributed by atoms with Crippen molar-refractivity contribution in [1.82, 2.24) is 9.97 Å². The monoisotopic (exact) mass is 722 g/mol. The second-order valence-electron chi connectivity index (χ2n) is 10.8. The lowest BCUT2D eigenvalue weighted by Gasteiger charge is -2.09. The summed E-state index contributed by atoms with van der Waals surface area (Å²) in [4.78, 5) is 20.4. The van der Waals surface area contributed by atoms with Crippen molar-refractivity contribution >= 4 is 28.6 Å². The number of aromatic nitrogens is 2. The van der Waals surface area contributed by atoms with E-state index in [4.69, 9.17) is 18.3 Å². The van der Waals surface area contributed by atoms with Crippen LogP contribution >= 0.6 is 22.6 Å². The summed E-state index contributed by atoms with van der Waals surface area (Å²) in [6.45, 7) is 11.4. The van der Waals surface area contributed by atoms with Crippen LogP contribution in [0.15, 0.2) is 75.6 Å². The van der Waals surface area contributed by atoms with Crippen LogP contribution in [0.1, 0.15) is 61.9 Å². The fraction of sp³-hybridized carbons (Fsp3) is 0.306. The molecular formula is C36H39IN2O6. The van der Waals surface area contributed by atoms with Gasteiger partial charge in [-0.3, -0.25) is 0 Å². The van der Waals surface area contributed by atoms with Crippen molar-refractivity contribution in [3.63, 3.8) is 0 Å². The molecule has 236 valence electrons. The van der Waals surface area contributed by atoms with E-state index in [1.165, 1.54) is 11.1 Å². The van der Waals surface area contributed by atoms with Crippen molar-refractivity contribution in [1.29, 1.82) is 0 Å². The number of nitrogens with zero attached hydrogens (tertiary/aromatic N) is 2. The van der Waals surface area contributed by atoms with Crippen LogP contribution in [0.5, 0.6) is 0 Å². The van der Waals surface area contributed by atoms with E-state index in [1.54, 1.807) is 19.1 Å². The highest BCUT2D eigenvalue weighted by molar-refractivity contribution is 14.1. The minimum Gasteiger partial charge on any atom is -0.478 e. The average molecular weight is 723 g/mol. The number of aromatic carboxylic acids is 1. The smallest absolute Gasteiger partial charge is 0.336 e. The number of carboxylic acids is 1. The van der Waals surface area contributed by atoms with Crippen molar-refractivity contribution < 1.29 is 28.2 Å². The standard InChI is InChI=1S/C24H27NO5.C12H12INO/c1-16-8-10-19(11-9-16)23-25-21(18(3)30-23)15-29-13-5-12-28-14-20-7-4-6-17(2)22(20)24(26)27;1-8-3-5-10(6-4-8)12-14-11(7-13)9(2)15-12/h4,6-11H,5,12-15H2,1-3H3,(H,26,27);3-6H,7H2,1-2H3.